The molecule has 0 bridgehead atoms. The predicted octanol–water partition coefficient (Wildman–Crippen LogP) is -5.69. The van der Waals surface area contributed by atoms with E-state index in [2.05, 4.69) is 15.0 Å². The van der Waals surface area contributed by atoms with Crippen molar-refractivity contribution in [2.75, 3.05) is 18.9 Å². The second-order valence-corrected chi connectivity index (χ2v) is 7.51. The van der Waals surface area contributed by atoms with E-state index in [1.165, 1.54) is 0 Å². The van der Waals surface area contributed by atoms with Crippen LogP contribution in [0.25, 0.3) is 11.2 Å². The van der Waals surface area contributed by atoms with Crippen LogP contribution in [0.4, 0.5) is 5.95 Å². The molecule has 15 nitrogen and oxygen atoms in total. The number of ether oxygens (including phenoxy) is 2. The van der Waals surface area contributed by atoms with Crippen LogP contribution >= 0.6 is 0 Å². The number of nitrogen functional groups attached to an aromatic ring is 1. The zero-order chi connectivity index (χ0) is 22.7. The van der Waals surface area contributed by atoms with Crippen LogP contribution in [-0.4, -0.2) is 117 Å². The number of aliphatic hydroxyl groups excluding tert-OH is 7. The fourth-order valence-corrected chi connectivity index (χ4v) is 4.17. The molecule has 0 saturated carbocycles. The molecule has 0 radical (unpaired) electrons. The minimum Gasteiger partial charge on any atom is -0.394 e. The third kappa shape index (κ3) is 3.05. The van der Waals surface area contributed by atoms with Crippen LogP contribution in [0.2, 0.25) is 0 Å². The third-order valence-corrected chi connectivity index (χ3v) is 5.75. The van der Waals surface area contributed by atoms with Gasteiger partial charge in [0.1, 0.15) is 48.8 Å². The Morgan fingerprint density at radius 1 is 1.06 bits per heavy atom. The van der Waals surface area contributed by atoms with Crippen LogP contribution in [0.1, 0.15) is 0 Å². The monoisotopic (exact) mass is 445 g/mol. The van der Waals surface area contributed by atoms with E-state index in [0.29, 0.717) is 0 Å². The molecule has 31 heavy (non-hydrogen) atoms. The molecule has 4 rings (SSSR count). The molecule has 2 aromatic rings. The normalized spacial score (nSPS) is 41.1. The van der Waals surface area contributed by atoms with Gasteiger partial charge >= 0.3 is 0 Å². The number of aromatic nitrogens is 4. The Hall–Kier alpha value is -2.21. The van der Waals surface area contributed by atoms with Crippen LogP contribution in [0.15, 0.2) is 11.1 Å². The van der Waals surface area contributed by atoms with Gasteiger partial charge in [-0.05, 0) is 0 Å². The Balaban J connectivity index is 1.96. The second kappa shape index (κ2) is 7.73. The van der Waals surface area contributed by atoms with Crippen molar-refractivity contribution < 1.29 is 45.2 Å². The molecule has 0 amide bonds. The fraction of sp³-hybridized carbons (Fsp3) is 0.688. The third-order valence-electron chi connectivity index (χ3n) is 5.75. The minimum atomic E-state index is -2.30. The second-order valence-electron chi connectivity index (χ2n) is 7.51. The lowest BCUT2D eigenvalue weighted by molar-refractivity contribution is -0.309. The standard InChI is InChI=1S/C16H23N5O10/c17-15-19-13-6(14(29)20-15)18-3-21(13)16(11(28)8(25)5(2-23)31-16)12-10(27)9(26)7(24)4(1-22)30-12/h3-5,7-12,22-28H,1-2H2,(H3,17,19,20,29)/t4-,5-,7-,8-,9+,10-,11-,12?,16+/m1/s1. The number of nitrogens with one attached hydrogen (secondary N) is 1. The molecule has 0 aliphatic carbocycles. The van der Waals surface area contributed by atoms with Crippen LogP contribution < -0.4 is 11.3 Å². The number of hydrogen-bond donors (Lipinski definition) is 9. The average Bonchev–Trinajstić information content (AvgIpc) is 3.27. The van der Waals surface area contributed by atoms with Gasteiger partial charge in [0.25, 0.3) is 5.56 Å². The van der Waals surface area contributed by atoms with Crippen LogP contribution in [-0.2, 0) is 15.2 Å². The zero-order valence-corrected chi connectivity index (χ0v) is 15.9. The zero-order valence-electron chi connectivity index (χ0n) is 15.9. The van der Waals surface area contributed by atoms with Crippen molar-refractivity contribution in [3.05, 3.63) is 16.7 Å². The largest absolute Gasteiger partial charge is 0.394 e. The molecule has 10 N–H and O–H groups in total. The molecule has 2 aliphatic rings. The maximum absolute atomic E-state index is 12.2. The van der Waals surface area contributed by atoms with Crippen LogP contribution in [0.5, 0.6) is 0 Å². The van der Waals surface area contributed by atoms with E-state index in [1.807, 2.05) is 0 Å². The predicted molar refractivity (Wildman–Crippen MR) is 98.3 cm³/mol. The van der Waals surface area contributed by atoms with Gasteiger partial charge in [-0.3, -0.25) is 14.3 Å². The number of aliphatic hydroxyl groups is 7. The fourth-order valence-electron chi connectivity index (χ4n) is 4.17. The van der Waals surface area contributed by atoms with Crippen molar-refractivity contribution in [1.29, 1.82) is 0 Å². The molecule has 2 aliphatic heterocycles. The Morgan fingerprint density at radius 3 is 2.35 bits per heavy atom. The van der Waals surface area contributed by atoms with Gasteiger partial charge < -0.3 is 51.0 Å². The molecule has 2 fully saturated rings. The summed E-state index contributed by atoms with van der Waals surface area (Å²) in [5, 5.41) is 71.6. The summed E-state index contributed by atoms with van der Waals surface area (Å²) in [6.07, 6.45) is -12.5. The lowest BCUT2D eigenvalue weighted by Gasteiger charge is -2.48. The summed E-state index contributed by atoms with van der Waals surface area (Å²) >= 11 is 0. The number of anilines is 1. The van der Waals surface area contributed by atoms with Crippen molar-refractivity contribution in [2.24, 2.45) is 0 Å². The van der Waals surface area contributed by atoms with E-state index < -0.39 is 73.3 Å². The highest BCUT2D eigenvalue weighted by Gasteiger charge is 2.65. The maximum atomic E-state index is 12.2. The van der Waals surface area contributed by atoms with E-state index >= 15 is 0 Å². The molecule has 2 saturated heterocycles. The lowest BCUT2D eigenvalue weighted by atomic mass is 9.86. The molecule has 15 heteroatoms. The number of nitrogens with two attached hydrogens (primary N) is 1. The maximum Gasteiger partial charge on any atom is 0.280 e. The molecule has 172 valence electrons. The van der Waals surface area contributed by atoms with E-state index in [0.717, 1.165) is 10.9 Å². The quantitative estimate of drug-likeness (QED) is 0.213. The molecular weight excluding hydrogens is 422 g/mol. The Kier molecular flexibility index (Phi) is 5.49. The van der Waals surface area contributed by atoms with Crippen LogP contribution in [0.3, 0.4) is 0 Å². The molecule has 9 atom stereocenters. The summed E-state index contributed by atoms with van der Waals surface area (Å²) in [6, 6.07) is 0. The molecule has 2 aromatic heterocycles. The summed E-state index contributed by atoms with van der Waals surface area (Å²) in [7, 11) is 0. The molecule has 0 aromatic carbocycles. The van der Waals surface area contributed by atoms with Gasteiger partial charge in [-0.25, -0.2) is 4.98 Å². The first-order chi connectivity index (χ1) is 14.7. The number of fused-ring (bicyclic) bond motifs is 1. The van der Waals surface area contributed by atoms with Gasteiger partial charge in [-0.1, -0.05) is 0 Å². The summed E-state index contributed by atoms with van der Waals surface area (Å²) < 4.78 is 12.3. The van der Waals surface area contributed by atoms with Crippen LogP contribution in [0, 0.1) is 0 Å². The highest BCUT2D eigenvalue weighted by Crippen LogP contribution is 2.44. The highest BCUT2D eigenvalue weighted by molar-refractivity contribution is 5.71. The van der Waals surface area contributed by atoms with E-state index in [4.69, 9.17) is 15.2 Å². The van der Waals surface area contributed by atoms with Gasteiger partial charge in [0.15, 0.2) is 11.2 Å². The SMILES string of the molecule is Nc1nc2c(ncn2[C@]2(C3O[C@H](CO)[C@@H](O)[C@H](O)[C@H]3O)O[C@H](CO)[C@@H](O)[C@H]2O)c(=O)[nH]1. The Morgan fingerprint density at radius 2 is 1.74 bits per heavy atom. The number of rotatable bonds is 4. The summed E-state index contributed by atoms with van der Waals surface area (Å²) in [5.41, 5.74) is 2.14. The van der Waals surface area contributed by atoms with E-state index in [1.54, 1.807) is 0 Å². The minimum absolute atomic E-state index is 0.219. The van der Waals surface area contributed by atoms with Gasteiger partial charge in [-0.15, -0.1) is 0 Å². The topological polar surface area (TPSA) is 250 Å². The molecule has 0 spiro atoms. The number of nitrogens with zero attached hydrogens (tertiary/aromatic N) is 3. The lowest BCUT2D eigenvalue weighted by Crippen LogP contribution is -2.68. The summed E-state index contributed by atoms with van der Waals surface area (Å²) in [4.78, 5) is 22.3. The number of aromatic amines is 1. The average molecular weight is 445 g/mol. The van der Waals surface area contributed by atoms with Gasteiger partial charge in [-0.2, -0.15) is 4.98 Å². The van der Waals surface area contributed by atoms with Crippen molar-refractivity contribution in [3.8, 4) is 0 Å². The number of imidazole rings is 1. The summed E-state index contributed by atoms with van der Waals surface area (Å²) in [6.45, 7) is -1.52. The van der Waals surface area contributed by atoms with Gasteiger partial charge in [0, 0.05) is 0 Å². The van der Waals surface area contributed by atoms with E-state index in [-0.39, 0.29) is 17.1 Å². The van der Waals surface area contributed by atoms with Gasteiger partial charge in [0.05, 0.1) is 19.5 Å². The smallest absolute Gasteiger partial charge is 0.280 e. The van der Waals surface area contributed by atoms with Crippen molar-refractivity contribution in [1.82, 2.24) is 19.5 Å². The molecule has 4 heterocycles. The van der Waals surface area contributed by atoms with Gasteiger partial charge in [0.2, 0.25) is 11.7 Å². The first kappa shape index (κ1) is 22.0. The summed E-state index contributed by atoms with van der Waals surface area (Å²) in [5.74, 6) is -0.310. The Bertz CT molecular complexity index is 1010. The molecule has 1 unspecified atom stereocenters. The van der Waals surface area contributed by atoms with Crippen molar-refractivity contribution in [2.45, 2.75) is 54.6 Å². The highest BCUT2D eigenvalue weighted by atomic mass is 16.6. The van der Waals surface area contributed by atoms with Crippen molar-refractivity contribution in [3.63, 3.8) is 0 Å². The van der Waals surface area contributed by atoms with E-state index in [9.17, 15) is 40.5 Å². The molecular formula is C16H23N5O10. The first-order valence-corrected chi connectivity index (χ1v) is 9.36. The number of hydrogen-bond acceptors (Lipinski definition) is 13. The Labute approximate surface area is 172 Å². The van der Waals surface area contributed by atoms with Crippen molar-refractivity contribution >= 4 is 17.1 Å². The first-order valence-electron chi connectivity index (χ1n) is 9.36. The number of H-pyrrole nitrogens is 1.